The van der Waals surface area contributed by atoms with Gasteiger partial charge in [-0.1, -0.05) is 105 Å². The predicted octanol–water partition coefficient (Wildman–Crippen LogP) is 14.5. The van der Waals surface area contributed by atoms with E-state index >= 15 is 0 Å². The third-order valence-electron chi connectivity index (χ3n) is 15.3. The Morgan fingerprint density at radius 1 is 0.403 bits per heavy atom. The van der Waals surface area contributed by atoms with E-state index in [9.17, 15) is 9.90 Å². The zero-order valence-corrected chi connectivity index (χ0v) is 41.3. The highest BCUT2D eigenvalue weighted by atomic mass is 16.7. The lowest BCUT2D eigenvalue weighted by atomic mass is 9.74. The van der Waals surface area contributed by atoms with Crippen LogP contribution in [0.4, 0.5) is 0 Å². The summed E-state index contributed by atoms with van der Waals surface area (Å²) in [5, 5.41) is 10.9. The second-order valence-corrected chi connectivity index (χ2v) is 19.7. The fourth-order valence-electron chi connectivity index (χ4n) is 12.0. The van der Waals surface area contributed by atoms with Crippen molar-refractivity contribution in [3.05, 3.63) is 91.0 Å². The van der Waals surface area contributed by atoms with Crippen molar-refractivity contribution in [1.29, 1.82) is 0 Å². The molecule has 0 fully saturated rings. The molecule has 2 atom stereocenters. The maximum atomic E-state index is 13.3. The number of aliphatic carboxylic acids is 1. The van der Waals surface area contributed by atoms with E-state index in [1.54, 1.807) is 0 Å². The van der Waals surface area contributed by atoms with Crippen LogP contribution in [0.3, 0.4) is 0 Å². The van der Waals surface area contributed by atoms with Gasteiger partial charge in [0.15, 0.2) is 0 Å². The Kier molecular flexibility index (Phi) is 14.1. The average Bonchev–Trinajstić information content (AvgIpc) is 3.29. The highest BCUT2D eigenvalue weighted by molar-refractivity contribution is 5.74. The molecule has 1 aliphatic carbocycles. The van der Waals surface area contributed by atoms with E-state index in [4.69, 9.17) is 37.9 Å². The van der Waals surface area contributed by atoms with Crippen LogP contribution < -0.4 is 37.9 Å². The van der Waals surface area contributed by atoms with Crippen molar-refractivity contribution in [3.63, 3.8) is 0 Å². The Balaban J connectivity index is 1.46. The Labute approximate surface area is 397 Å². The average molecular weight is 917 g/mol. The molecule has 5 aliphatic rings. The zero-order chi connectivity index (χ0) is 46.9. The predicted molar refractivity (Wildman–Crippen MR) is 260 cm³/mol. The number of carboxylic acids is 1. The maximum Gasteiger partial charge on any atom is 0.387 e. The van der Waals surface area contributed by atoms with Crippen molar-refractivity contribution in [2.45, 2.75) is 188 Å². The van der Waals surface area contributed by atoms with Crippen LogP contribution in [0.5, 0.6) is 46.0 Å². The van der Waals surface area contributed by atoms with Crippen LogP contribution in [0, 0.1) is 27.7 Å². The molecular formula is C57H72O10. The van der Waals surface area contributed by atoms with Gasteiger partial charge in [-0.25, -0.2) is 4.79 Å². The largest absolute Gasteiger partial charge is 0.476 e. The molecule has 10 nitrogen and oxygen atoms in total. The molecule has 0 aromatic heterocycles. The van der Waals surface area contributed by atoms with E-state index in [2.05, 4.69) is 65.8 Å². The van der Waals surface area contributed by atoms with Gasteiger partial charge in [0.1, 0.15) is 46.0 Å². The summed E-state index contributed by atoms with van der Waals surface area (Å²) in [7, 11) is 0. The molecule has 4 aliphatic heterocycles. The van der Waals surface area contributed by atoms with Crippen LogP contribution in [0.2, 0.25) is 0 Å². The first-order valence-corrected chi connectivity index (χ1v) is 25.6. The number of rotatable bonds is 17. The van der Waals surface area contributed by atoms with E-state index < -0.39 is 12.3 Å². The van der Waals surface area contributed by atoms with Gasteiger partial charge in [-0.05, 0) is 77.6 Å². The van der Waals surface area contributed by atoms with E-state index in [0.717, 1.165) is 192 Å². The minimum atomic E-state index is -1.63. The van der Waals surface area contributed by atoms with Crippen molar-refractivity contribution in [2.24, 2.45) is 0 Å². The van der Waals surface area contributed by atoms with E-state index in [1.807, 2.05) is 13.8 Å². The molecule has 4 aromatic rings. The van der Waals surface area contributed by atoms with Gasteiger partial charge >= 0.3 is 12.3 Å². The molecule has 0 saturated heterocycles. The van der Waals surface area contributed by atoms with Crippen LogP contribution in [0.1, 0.15) is 221 Å². The molecule has 4 aromatic carbocycles. The van der Waals surface area contributed by atoms with Crippen molar-refractivity contribution in [1.82, 2.24) is 0 Å². The van der Waals surface area contributed by atoms with Crippen LogP contribution >= 0.6 is 0 Å². The third kappa shape index (κ3) is 8.53. The van der Waals surface area contributed by atoms with Gasteiger partial charge in [0.2, 0.25) is 20.4 Å². The highest BCUT2D eigenvalue weighted by Crippen LogP contribution is 2.58. The molecule has 67 heavy (non-hydrogen) atoms. The number of carbonyl (C=O) groups is 1. The molecule has 4 heterocycles. The molecule has 2 unspecified atom stereocenters. The van der Waals surface area contributed by atoms with Crippen LogP contribution in [-0.2, 0) is 4.79 Å². The van der Waals surface area contributed by atoms with Gasteiger partial charge in [0.25, 0.3) is 0 Å². The van der Waals surface area contributed by atoms with Gasteiger partial charge < -0.3 is 43.0 Å². The molecule has 9 rings (SSSR count). The number of ether oxygens (including phenoxy) is 8. The first-order chi connectivity index (χ1) is 32.6. The molecule has 0 saturated carbocycles. The first-order valence-electron chi connectivity index (χ1n) is 25.6. The summed E-state index contributed by atoms with van der Waals surface area (Å²) in [5.74, 6) is 3.86. The fraction of sp³-hybridized carbons (Fsp3) is 0.561. The third-order valence-corrected chi connectivity index (χ3v) is 15.3. The monoisotopic (exact) mass is 917 g/mol. The van der Waals surface area contributed by atoms with Crippen LogP contribution in [0.25, 0.3) is 0 Å². The minimum Gasteiger partial charge on any atom is -0.476 e. The van der Waals surface area contributed by atoms with Crippen molar-refractivity contribution in [3.8, 4) is 46.0 Å². The number of carboxylic acid groups (broad SMARTS) is 1. The molecule has 360 valence electrons. The second-order valence-electron chi connectivity index (χ2n) is 19.7. The molecule has 8 bridgehead atoms. The second kappa shape index (κ2) is 20.1. The van der Waals surface area contributed by atoms with Gasteiger partial charge in [-0.2, -0.15) is 0 Å². The Morgan fingerprint density at radius 2 is 0.627 bits per heavy atom. The molecule has 0 spiro atoms. The molecule has 10 heteroatoms. The summed E-state index contributed by atoms with van der Waals surface area (Å²) in [5.41, 5.74) is 12.0. The van der Waals surface area contributed by atoms with E-state index in [-0.39, 0.29) is 44.1 Å². The Morgan fingerprint density at radius 3 is 0.851 bits per heavy atom. The lowest BCUT2D eigenvalue weighted by Gasteiger charge is -2.37. The van der Waals surface area contributed by atoms with E-state index in [1.165, 1.54) is 0 Å². The summed E-state index contributed by atoms with van der Waals surface area (Å²) in [4.78, 5) is 13.3. The molecule has 1 N–H and O–H groups in total. The standard InChI is InChI=1S/C57H72O10/c1-9-13-17-21-36-40-25-42-37(22-18-14-10-2)44-27-46-39(24-20-16-12-4)47-28-45-38(23-19-15-11-3)43-26-41(36)49-33(6)51(43)63-31-65-53(45)35(8)55(47)67-57(56(58)59)66-54(46)34(7)52(44)64-30-62-50(42)32(5)48(40)60-29-61-49/h25-28,36-39,57H,9-24,29-31H2,1-8H3,(H,58,59). The SMILES string of the molecule is CCCCCC1c2cc3c4c(C)c2OCOc2c1cc1c(c2C)OCOc2c(cc5c(c2C)OC(C(=O)O)Oc2c(cc(c(c2C)OCO4)C3CCCCC)C5CCCCC)C1CCCCC. The van der Waals surface area contributed by atoms with Gasteiger partial charge in [0, 0.05) is 90.4 Å². The van der Waals surface area contributed by atoms with Crippen molar-refractivity contribution in [2.75, 3.05) is 20.4 Å². The zero-order valence-electron chi connectivity index (χ0n) is 41.3. The van der Waals surface area contributed by atoms with Crippen LogP contribution in [-0.4, -0.2) is 37.7 Å². The van der Waals surface area contributed by atoms with Gasteiger partial charge in [-0.3, -0.25) is 0 Å². The smallest absolute Gasteiger partial charge is 0.387 e. The lowest BCUT2D eigenvalue weighted by molar-refractivity contribution is -0.159. The normalized spacial score (nSPS) is 20.4. The topological polar surface area (TPSA) is 111 Å². The van der Waals surface area contributed by atoms with Crippen LogP contribution in [0.15, 0.2) is 24.3 Å². The van der Waals surface area contributed by atoms with Crippen molar-refractivity contribution >= 4 is 5.97 Å². The molecule has 0 amide bonds. The first kappa shape index (κ1) is 46.8. The maximum absolute atomic E-state index is 13.3. The summed E-state index contributed by atoms with van der Waals surface area (Å²) >= 11 is 0. The summed E-state index contributed by atoms with van der Waals surface area (Å²) in [6.45, 7) is 17.2. The van der Waals surface area contributed by atoms with Crippen molar-refractivity contribution < 1.29 is 47.8 Å². The van der Waals surface area contributed by atoms with Gasteiger partial charge in [-0.15, -0.1) is 0 Å². The summed E-state index contributed by atoms with van der Waals surface area (Å²) in [6.07, 6.45) is 14.5. The number of benzene rings is 4. The van der Waals surface area contributed by atoms with Gasteiger partial charge in [0.05, 0.1) is 0 Å². The number of unbranched alkanes of at least 4 members (excludes halogenated alkanes) is 8. The fourth-order valence-corrected chi connectivity index (χ4v) is 12.0. The lowest BCUT2D eigenvalue weighted by Crippen LogP contribution is -2.36. The number of hydrogen-bond acceptors (Lipinski definition) is 9. The number of hydrogen-bond donors (Lipinski definition) is 1. The summed E-state index contributed by atoms with van der Waals surface area (Å²) < 4.78 is 53.9. The Bertz CT molecular complexity index is 2340. The molecular weight excluding hydrogens is 845 g/mol. The quantitative estimate of drug-likeness (QED) is 0.103. The Hall–Kier alpha value is -5.25. The van der Waals surface area contributed by atoms with E-state index in [0.29, 0.717) is 23.0 Å². The minimum absolute atomic E-state index is 0.0346. The summed E-state index contributed by atoms with van der Waals surface area (Å²) in [6, 6.07) is 9.44. The molecule has 0 radical (unpaired) electrons. The highest BCUT2D eigenvalue weighted by Gasteiger charge is 2.41.